The fourth-order valence-electron chi connectivity index (χ4n) is 4.01. The van der Waals surface area contributed by atoms with Crippen molar-refractivity contribution in [3.8, 4) is 0 Å². The third-order valence-corrected chi connectivity index (χ3v) is 7.37. The zero-order valence-corrected chi connectivity index (χ0v) is 23.4. The van der Waals surface area contributed by atoms with E-state index in [1.807, 2.05) is 39.8 Å². The van der Waals surface area contributed by atoms with Crippen molar-refractivity contribution in [3.05, 3.63) is 64.7 Å². The van der Waals surface area contributed by atoms with Gasteiger partial charge in [-0.3, -0.25) is 13.9 Å². The normalized spacial score (nSPS) is 12.3. The number of sulfonamides is 1. The van der Waals surface area contributed by atoms with Crippen LogP contribution >= 0.6 is 11.6 Å². The number of anilines is 1. The number of carbonyl (C=O) groups excluding carboxylic acids is 2. The van der Waals surface area contributed by atoms with Gasteiger partial charge >= 0.3 is 0 Å². The van der Waals surface area contributed by atoms with Gasteiger partial charge in [-0.25, -0.2) is 8.42 Å². The number of nitrogens with zero attached hydrogens (tertiary/aromatic N) is 2. The molecule has 0 radical (unpaired) electrons. The molecule has 0 aliphatic heterocycles. The van der Waals surface area contributed by atoms with Crippen molar-refractivity contribution in [2.24, 2.45) is 0 Å². The lowest BCUT2D eigenvalue weighted by Crippen LogP contribution is -2.52. The summed E-state index contributed by atoms with van der Waals surface area (Å²) < 4.78 is 26.9. The van der Waals surface area contributed by atoms with E-state index in [9.17, 15) is 18.0 Å². The van der Waals surface area contributed by atoms with Crippen LogP contribution in [-0.4, -0.2) is 50.5 Å². The smallest absolute Gasteiger partial charge is 0.244 e. The molecule has 198 valence electrons. The number of rotatable bonds is 13. The van der Waals surface area contributed by atoms with E-state index in [1.54, 1.807) is 36.4 Å². The second-order valence-corrected chi connectivity index (χ2v) is 11.5. The van der Waals surface area contributed by atoms with Gasteiger partial charge in [-0.2, -0.15) is 0 Å². The highest BCUT2D eigenvalue weighted by atomic mass is 35.5. The van der Waals surface area contributed by atoms with Crippen LogP contribution in [0.3, 0.4) is 0 Å². The highest BCUT2D eigenvalue weighted by Gasteiger charge is 2.32. The van der Waals surface area contributed by atoms with Gasteiger partial charge in [0.1, 0.15) is 12.6 Å². The molecule has 0 spiro atoms. The summed E-state index contributed by atoms with van der Waals surface area (Å²) in [5.74, 6) is -0.647. The lowest BCUT2D eigenvalue weighted by molar-refractivity contribution is -0.140. The third-order valence-electron chi connectivity index (χ3n) is 5.99. The molecule has 0 saturated carbocycles. The number of hydrogen-bond donors (Lipinski definition) is 1. The fraction of sp³-hybridized carbons (Fsp3) is 0.481. The molecule has 1 unspecified atom stereocenters. The Morgan fingerprint density at radius 2 is 1.67 bits per heavy atom. The van der Waals surface area contributed by atoms with Gasteiger partial charge in [-0.15, -0.1) is 0 Å². The maximum absolute atomic E-state index is 13.8. The van der Waals surface area contributed by atoms with Crippen LogP contribution in [0.25, 0.3) is 0 Å². The second-order valence-electron chi connectivity index (χ2n) is 9.20. The predicted octanol–water partition coefficient (Wildman–Crippen LogP) is 4.95. The molecule has 0 aromatic heterocycles. The summed E-state index contributed by atoms with van der Waals surface area (Å²) in [6.07, 6.45) is 3.25. The minimum atomic E-state index is -3.78. The van der Waals surface area contributed by atoms with Gasteiger partial charge in [0.05, 0.1) is 11.9 Å². The monoisotopic (exact) mass is 535 g/mol. The molecule has 2 amide bonds. The van der Waals surface area contributed by atoms with Crippen LogP contribution < -0.4 is 9.62 Å². The molecule has 0 fully saturated rings. The van der Waals surface area contributed by atoms with Crippen molar-refractivity contribution < 1.29 is 18.0 Å². The van der Waals surface area contributed by atoms with Crippen LogP contribution in [0.4, 0.5) is 5.69 Å². The molecular weight excluding hydrogens is 498 g/mol. The number of hydrogen-bond acceptors (Lipinski definition) is 4. The second kappa shape index (κ2) is 13.7. The van der Waals surface area contributed by atoms with Crippen LogP contribution in [0.1, 0.15) is 64.0 Å². The van der Waals surface area contributed by atoms with E-state index in [2.05, 4.69) is 5.32 Å². The number of nitrogens with one attached hydrogen (secondary N) is 1. The largest absolute Gasteiger partial charge is 0.354 e. The number of halogens is 1. The van der Waals surface area contributed by atoms with Gasteiger partial charge in [0.15, 0.2) is 0 Å². The Labute approximate surface area is 220 Å². The molecule has 0 saturated heterocycles. The average Bonchev–Trinajstić information content (AvgIpc) is 2.83. The molecule has 1 atom stereocenters. The third kappa shape index (κ3) is 8.23. The molecule has 36 heavy (non-hydrogen) atoms. The minimum absolute atomic E-state index is 0.0541. The Bertz CT molecular complexity index is 1120. The lowest BCUT2D eigenvalue weighted by atomic mass is 10.0. The van der Waals surface area contributed by atoms with Crippen LogP contribution in [0.15, 0.2) is 48.5 Å². The van der Waals surface area contributed by atoms with Crippen LogP contribution in [0.5, 0.6) is 0 Å². The summed E-state index contributed by atoms with van der Waals surface area (Å²) in [6, 6.07) is 13.5. The summed E-state index contributed by atoms with van der Waals surface area (Å²) >= 11 is 6.03. The van der Waals surface area contributed by atoms with E-state index in [0.717, 1.165) is 34.5 Å². The molecule has 9 heteroatoms. The predicted molar refractivity (Wildman–Crippen MR) is 147 cm³/mol. The molecule has 0 heterocycles. The first-order valence-corrected chi connectivity index (χ1v) is 14.6. The lowest BCUT2D eigenvalue weighted by Gasteiger charge is -2.33. The van der Waals surface area contributed by atoms with Gasteiger partial charge in [0.25, 0.3) is 0 Å². The molecular formula is C27H38ClN3O4S. The highest BCUT2D eigenvalue weighted by molar-refractivity contribution is 7.92. The van der Waals surface area contributed by atoms with E-state index in [-0.39, 0.29) is 18.4 Å². The minimum Gasteiger partial charge on any atom is -0.354 e. The Morgan fingerprint density at radius 1 is 1.03 bits per heavy atom. The van der Waals surface area contributed by atoms with E-state index < -0.39 is 28.5 Å². The van der Waals surface area contributed by atoms with Gasteiger partial charge in [-0.05, 0) is 48.1 Å². The number of amides is 2. The number of para-hydroxylation sites is 1. The molecule has 2 rings (SSSR count). The molecule has 2 aromatic carbocycles. The quantitative estimate of drug-likeness (QED) is 0.367. The first-order chi connectivity index (χ1) is 17.0. The van der Waals surface area contributed by atoms with Crippen LogP contribution in [0, 0.1) is 0 Å². The average molecular weight is 536 g/mol. The highest BCUT2D eigenvalue weighted by Crippen LogP contribution is 2.29. The summed E-state index contributed by atoms with van der Waals surface area (Å²) in [5, 5.41) is 3.48. The Morgan fingerprint density at radius 3 is 2.22 bits per heavy atom. The number of unbranched alkanes of at least 4 members (excludes halogenated alkanes) is 1. The first-order valence-electron chi connectivity index (χ1n) is 12.4. The standard InChI is InChI=1S/C27H38ClN3O4S/c1-6-8-17-29-27(33)24(7-2)30(18-21-13-15-22(28)16-14-21)26(32)19-31(36(5,34)35)25-12-10-9-11-23(25)20(3)4/h9-16,20,24H,6-8,17-19H2,1-5H3,(H,29,33). The molecule has 0 aliphatic rings. The van der Waals surface area contributed by atoms with E-state index in [0.29, 0.717) is 23.7 Å². The summed E-state index contributed by atoms with van der Waals surface area (Å²) in [6.45, 7) is 8.09. The maximum Gasteiger partial charge on any atom is 0.244 e. The van der Waals surface area contributed by atoms with Crippen molar-refractivity contribution in [2.45, 2.75) is 65.5 Å². The molecule has 1 N–H and O–H groups in total. The van der Waals surface area contributed by atoms with E-state index in [4.69, 9.17) is 11.6 Å². The number of benzene rings is 2. The van der Waals surface area contributed by atoms with Gasteiger partial charge in [0, 0.05) is 18.1 Å². The van der Waals surface area contributed by atoms with Gasteiger partial charge in [-0.1, -0.05) is 76.0 Å². The van der Waals surface area contributed by atoms with E-state index >= 15 is 0 Å². The maximum atomic E-state index is 13.8. The zero-order valence-electron chi connectivity index (χ0n) is 21.8. The van der Waals surface area contributed by atoms with Crippen molar-refractivity contribution in [1.29, 1.82) is 0 Å². The Kier molecular flexibility index (Phi) is 11.2. The summed E-state index contributed by atoms with van der Waals surface area (Å²) in [7, 11) is -3.78. The molecule has 0 bridgehead atoms. The van der Waals surface area contributed by atoms with Crippen molar-refractivity contribution in [2.75, 3.05) is 23.7 Å². The van der Waals surface area contributed by atoms with Crippen molar-refractivity contribution in [3.63, 3.8) is 0 Å². The topological polar surface area (TPSA) is 86.8 Å². The number of carbonyl (C=O) groups is 2. The first kappa shape index (κ1) is 29.6. The summed E-state index contributed by atoms with van der Waals surface area (Å²) in [5.41, 5.74) is 2.08. The van der Waals surface area contributed by atoms with E-state index in [1.165, 1.54) is 4.90 Å². The molecule has 0 aliphatic carbocycles. The fourth-order valence-corrected chi connectivity index (χ4v) is 5.00. The Hall–Kier alpha value is -2.58. The van der Waals surface area contributed by atoms with Crippen LogP contribution in [-0.2, 0) is 26.2 Å². The molecule has 7 nitrogen and oxygen atoms in total. The van der Waals surface area contributed by atoms with Crippen molar-refractivity contribution >= 4 is 39.1 Å². The van der Waals surface area contributed by atoms with Crippen molar-refractivity contribution in [1.82, 2.24) is 10.2 Å². The Balaban J connectivity index is 2.46. The van der Waals surface area contributed by atoms with Crippen LogP contribution in [0.2, 0.25) is 5.02 Å². The molecule has 2 aromatic rings. The SMILES string of the molecule is CCCCNC(=O)C(CC)N(Cc1ccc(Cl)cc1)C(=O)CN(c1ccccc1C(C)C)S(C)(=O)=O. The zero-order chi connectivity index (χ0) is 26.9. The van der Waals surface area contributed by atoms with Gasteiger partial charge < -0.3 is 10.2 Å². The summed E-state index contributed by atoms with van der Waals surface area (Å²) in [4.78, 5) is 28.3. The van der Waals surface area contributed by atoms with Gasteiger partial charge in [0.2, 0.25) is 21.8 Å².